The van der Waals surface area contributed by atoms with Crippen molar-refractivity contribution in [1.29, 1.82) is 0 Å². The quantitative estimate of drug-likeness (QED) is 0.908. The fourth-order valence-electron chi connectivity index (χ4n) is 2.60. The summed E-state index contributed by atoms with van der Waals surface area (Å²) in [5.41, 5.74) is 1.43. The van der Waals surface area contributed by atoms with Crippen LogP contribution >= 0.6 is 0 Å². The van der Waals surface area contributed by atoms with Gasteiger partial charge in [0.2, 0.25) is 0 Å². The van der Waals surface area contributed by atoms with Gasteiger partial charge in [-0.2, -0.15) is 0 Å². The predicted octanol–water partition coefficient (Wildman–Crippen LogP) is 2.14. The van der Waals surface area contributed by atoms with E-state index >= 15 is 0 Å². The van der Waals surface area contributed by atoms with E-state index < -0.39 is 5.60 Å². The summed E-state index contributed by atoms with van der Waals surface area (Å²) < 4.78 is 5.41. The number of nitrogens with zero attached hydrogens (tertiary/aromatic N) is 3. The van der Waals surface area contributed by atoms with E-state index in [1.807, 2.05) is 26.8 Å². The van der Waals surface area contributed by atoms with Crippen molar-refractivity contribution in [2.75, 3.05) is 38.1 Å². The monoisotopic (exact) mass is 346 g/mol. The lowest BCUT2D eigenvalue weighted by molar-refractivity contribution is 0.0240. The molecule has 0 unspecified atom stereocenters. The van der Waals surface area contributed by atoms with E-state index in [1.54, 1.807) is 24.1 Å². The average Bonchev–Trinajstić information content (AvgIpc) is 2.59. The van der Waals surface area contributed by atoms with Crippen molar-refractivity contribution in [3.63, 3.8) is 0 Å². The van der Waals surface area contributed by atoms with Gasteiger partial charge in [0.05, 0.1) is 11.4 Å². The first kappa shape index (κ1) is 18.8. The second-order valence-electron chi connectivity index (χ2n) is 6.84. The Kier molecular flexibility index (Phi) is 5.66. The highest BCUT2D eigenvalue weighted by Gasteiger charge is 2.26. The van der Waals surface area contributed by atoms with E-state index in [2.05, 4.69) is 21.8 Å². The molecule has 1 aliphatic heterocycles. The molecule has 2 amide bonds. The molecule has 0 aromatic carbocycles. The van der Waals surface area contributed by atoms with E-state index in [0.29, 0.717) is 37.6 Å². The van der Waals surface area contributed by atoms with Gasteiger partial charge in [-0.3, -0.25) is 4.79 Å². The highest BCUT2D eigenvalue weighted by atomic mass is 16.6. The van der Waals surface area contributed by atoms with Gasteiger partial charge in [-0.1, -0.05) is 6.58 Å². The minimum absolute atomic E-state index is 0.232. The van der Waals surface area contributed by atoms with Gasteiger partial charge < -0.3 is 19.9 Å². The Morgan fingerprint density at radius 2 is 1.88 bits per heavy atom. The first-order chi connectivity index (χ1) is 11.7. The molecule has 136 valence electrons. The van der Waals surface area contributed by atoms with Crippen molar-refractivity contribution < 1.29 is 14.3 Å². The summed E-state index contributed by atoms with van der Waals surface area (Å²) in [5.74, 6) is -0.232. The third-order valence-electron chi connectivity index (χ3n) is 3.83. The fraction of sp³-hybridized carbons (Fsp3) is 0.500. The van der Waals surface area contributed by atoms with Gasteiger partial charge in [0.15, 0.2) is 0 Å². The van der Waals surface area contributed by atoms with Gasteiger partial charge in [0.1, 0.15) is 11.3 Å². The first-order valence-corrected chi connectivity index (χ1v) is 8.33. The van der Waals surface area contributed by atoms with Crippen LogP contribution in [0.3, 0.4) is 0 Å². The molecular weight excluding hydrogens is 320 g/mol. The van der Waals surface area contributed by atoms with Crippen molar-refractivity contribution in [2.24, 2.45) is 0 Å². The van der Waals surface area contributed by atoms with Crippen LogP contribution in [0.1, 0.15) is 37.0 Å². The number of amides is 2. The Labute approximate surface area is 148 Å². The minimum atomic E-state index is -0.496. The number of piperazine rings is 1. The molecule has 7 heteroatoms. The van der Waals surface area contributed by atoms with Gasteiger partial charge in [-0.25, -0.2) is 9.78 Å². The average molecular weight is 346 g/mol. The zero-order valence-corrected chi connectivity index (χ0v) is 15.3. The molecule has 2 heterocycles. The van der Waals surface area contributed by atoms with Gasteiger partial charge in [-0.15, -0.1) is 0 Å². The van der Waals surface area contributed by atoms with E-state index in [0.717, 1.165) is 5.69 Å². The summed E-state index contributed by atoms with van der Waals surface area (Å²) >= 11 is 0. The number of anilines is 1. The highest BCUT2D eigenvalue weighted by molar-refractivity contribution is 5.92. The molecule has 7 nitrogen and oxygen atoms in total. The van der Waals surface area contributed by atoms with Crippen LogP contribution in [-0.4, -0.2) is 60.7 Å². The van der Waals surface area contributed by atoms with Crippen LogP contribution in [0.25, 0.3) is 6.08 Å². The van der Waals surface area contributed by atoms with E-state index in [-0.39, 0.29) is 12.0 Å². The lowest BCUT2D eigenvalue weighted by Gasteiger charge is -2.37. The lowest BCUT2D eigenvalue weighted by atomic mass is 10.2. The van der Waals surface area contributed by atoms with Crippen LogP contribution in [0.5, 0.6) is 0 Å². The third-order valence-corrected chi connectivity index (χ3v) is 3.83. The fourth-order valence-corrected chi connectivity index (χ4v) is 2.60. The molecule has 1 aromatic rings. The first-order valence-electron chi connectivity index (χ1n) is 8.33. The largest absolute Gasteiger partial charge is 0.444 e. The molecule has 1 saturated heterocycles. The summed E-state index contributed by atoms with van der Waals surface area (Å²) in [5, 5.41) is 2.56. The molecule has 25 heavy (non-hydrogen) atoms. The van der Waals surface area contributed by atoms with E-state index in [4.69, 9.17) is 4.74 Å². The van der Waals surface area contributed by atoms with Gasteiger partial charge in [0.25, 0.3) is 5.91 Å². The number of carbonyl (C=O) groups is 2. The lowest BCUT2D eigenvalue weighted by Crippen LogP contribution is -2.50. The number of rotatable bonds is 3. The van der Waals surface area contributed by atoms with Gasteiger partial charge >= 0.3 is 6.09 Å². The maximum absolute atomic E-state index is 12.1. The zero-order valence-electron chi connectivity index (χ0n) is 15.3. The molecule has 1 fully saturated rings. The van der Waals surface area contributed by atoms with Gasteiger partial charge in [-0.05, 0) is 39.0 Å². The van der Waals surface area contributed by atoms with Crippen molar-refractivity contribution in [3.8, 4) is 0 Å². The number of nitrogens with one attached hydrogen (secondary N) is 1. The Bertz CT molecular complexity index is 659. The molecule has 0 spiro atoms. The summed E-state index contributed by atoms with van der Waals surface area (Å²) in [6.45, 7) is 11.8. The number of ether oxygens (including phenoxy) is 1. The van der Waals surface area contributed by atoms with Crippen LogP contribution in [0.15, 0.2) is 18.7 Å². The van der Waals surface area contributed by atoms with Gasteiger partial charge in [0, 0.05) is 33.2 Å². The van der Waals surface area contributed by atoms with Crippen LogP contribution in [-0.2, 0) is 4.74 Å². The molecule has 1 aromatic heterocycles. The summed E-state index contributed by atoms with van der Waals surface area (Å²) in [6, 6.07) is 3.57. The standard InChI is InChI=1S/C18H26N4O3/c1-6-13-15(8-7-14(20-13)16(23)19-5)21-9-11-22(12-10-21)17(24)25-18(2,3)4/h6-8H,1,9-12H2,2-5H3,(H,19,23). The number of aromatic nitrogens is 1. The highest BCUT2D eigenvalue weighted by Crippen LogP contribution is 2.23. The number of hydrogen-bond donors (Lipinski definition) is 1. The Morgan fingerprint density at radius 1 is 1.24 bits per heavy atom. The van der Waals surface area contributed by atoms with Crippen LogP contribution < -0.4 is 10.2 Å². The van der Waals surface area contributed by atoms with Crippen LogP contribution in [0.2, 0.25) is 0 Å². The Balaban J connectivity index is 2.06. The summed E-state index contributed by atoms with van der Waals surface area (Å²) in [6.07, 6.45) is 1.35. The van der Waals surface area contributed by atoms with E-state index in [9.17, 15) is 9.59 Å². The van der Waals surface area contributed by atoms with Crippen LogP contribution in [0.4, 0.5) is 10.5 Å². The normalized spacial score (nSPS) is 14.9. The second kappa shape index (κ2) is 7.55. The molecule has 0 atom stereocenters. The second-order valence-corrected chi connectivity index (χ2v) is 6.84. The summed E-state index contributed by atoms with van der Waals surface area (Å²) in [4.78, 5) is 32.1. The van der Waals surface area contributed by atoms with Crippen molar-refractivity contribution in [2.45, 2.75) is 26.4 Å². The molecule has 1 N–H and O–H groups in total. The number of hydrogen-bond acceptors (Lipinski definition) is 5. The maximum atomic E-state index is 12.1. The third kappa shape index (κ3) is 4.71. The Hall–Kier alpha value is -2.57. The molecule has 0 bridgehead atoms. The van der Waals surface area contributed by atoms with Crippen LogP contribution in [0, 0.1) is 0 Å². The SMILES string of the molecule is C=Cc1nc(C(=O)NC)ccc1N1CCN(C(=O)OC(C)(C)C)CC1. The molecule has 1 aliphatic rings. The zero-order chi connectivity index (χ0) is 18.6. The number of pyridine rings is 1. The van der Waals surface area contributed by atoms with Crippen molar-refractivity contribution in [3.05, 3.63) is 30.1 Å². The molecule has 0 saturated carbocycles. The smallest absolute Gasteiger partial charge is 0.410 e. The van der Waals surface area contributed by atoms with Crippen molar-refractivity contribution >= 4 is 23.8 Å². The van der Waals surface area contributed by atoms with E-state index in [1.165, 1.54) is 0 Å². The maximum Gasteiger partial charge on any atom is 0.410 e. The molecular formula is C18H26N4O3. The Morgan fingerprint density at radius 3 is 2.40 bits per heavy atom. The molecule has 2 rings (SSSR count). The minimum Gasteiger partial charge on any atom is -0.444 e. The molecule has 0 radical (unpaired) electrons. The topological polar surface area (TPSA) is 74.8 Å². The predicted molar refractivity (Wildman–Crippen MR) is 97.7 cm³/mol. The number of carbonyl (C=O) groups excluding carboxylic acids is 2. The van der Waals surface area contributed by atoms with Crippen molar-refractivity contribution in [1.82, 2.24) is 15.2 Å². The summed E-state index contributed by atoms with van der Waals surface area (Å²) in [7, 11) is 1.57. The molecule has 0 aliphatic carbocycles.